The van der Waals surface area contributed by atoms with Gasteiger partial charge in [-0.3, -0.25) is 4.79 Å². The average molecular weight is 341 g/mol. The second-order valence-electron chi connectivity index (χ2n) is 5.81. The first-order valence-corrected chi connectivity index (χ1v) is 8.86. The molecular formula is C19H19NO3S. The van der Waals surface area contributed by atoms with E-state index in [2.05, 4.69) is 5.32 Å². The number of fused-ring (bicyclic) bond motifs is 1. The maximum atomic E-state index is 12.4. The summed E-state index contributed by atoms with van der Waals surface area (Å²) in [7, 11) is 0. The van der Waals surface area contributed by atoms with Crippen molar-refractivity contribution in [2.45, 2.75) is 17.4 Å². The molecule has 1 aromatic heterocycles. The molecule has 24 heavy (non-hydrogen) atoms. The van der Waals surface area contributed by atoms with E-state index in [1.807, 2.05) is 48.7 Å². The number of carbonyl (C=O) groups is 1. The van der Waals surface area contributed by atoms with Crippen LogP contribution in [0.4, 0.5) is 0 Å². The summed E-state index contributed by atoms with van der Waals surface area (Å²) in [5.74, 6) is 0.221. The molecule has 0 unspecified atom stereocenters. The molecule has 0 radical (unpaired) electrons. The average Bonchev–Trinajstić information content (AvgIpc) is 3.05. The first-order valence-electron chi connectivity index (χ1n) is 7.64. The van der Waals surface area contributed by atoms with Crippen molar-refractivity contribution in [3.63, 3.8) is 0 Å². The van der Waals surface area contributed by atoms with Crippen LogP contribution in [0.15, 0.2) is 63.9 Å². The molecule has 1 amide bonds. The zero-order chi connectivity index (χ0) is 17.2. The topological polar surface area (TPSA) is 62.5 Å². The molecular weight excluding hydrogens is 322 g/mol. The van der Waals surface area contributed by atoms with Crippen LogP contribution < -0.4 is 5.32 Å². The highest BCUT2D eigenvalue weighted by Gasteiger charge is 2.28. The minimum Gasteiger partial charge on any atom is -0.458 e. The first kappa shape index (κ1) is 16.6. The standard InChI is InChI=1S/C19H19NO3S/c1-19(22,17-11-13-7-3-5-9-15(13)23-17)12-20-18(21)14-8-4-6-10-16(14)24-2/h3-11,22H,12H2,1-2H3,(H,20,21)/t19-/m0/s1. The summed E-state index contributed by atoms with van der Waals surface area (Å²) >= 11 is 1.51. The second-order valence-corrected chi connectivity index (χ2v) is 6.65. The molecule has 0 aliphatic rings. The van der Waals surface area contributed by atoms with Gasteiger partial charge in [-0.2, -0.15) is 0 Å². The van der Waals surface area contributed by atoms with Gasteiger partial charge in [-0.15, -0.1) is 11.8 Å². The lowest BCUT2D eigenvalue weighted by Crippen LogP contribution is -2.38. The second kappa shape index (κ2) is 6.71. The fourth-order valence-corrected chi connectivity index (χ4v) is 3.11. The predicted molar refractivity (Wildman–Crippen MR) is 96.3 cm³/mol. The number of carbonyl (C=O) groups excluding carboxylic acids is 1. The third-order valence-corrected chi connectivity index (χ3v) is 4.70. The van der Waals surface area contributed by atoms with Crippen LogP contribution in [0.1, 0.15) is 23.0 Å². The van der Waals surface area contributed by atoms with E-state index in [0.717, 1.165) is 10.3 Å². The number of nitrogens with one attached hydrogen (secondary N) is 1. The number of amides is 1. The van der Waals surface area contributed by atoms with Gasteiger partial charge in [0.2, 0.25) is 0 Å². The summed E-state index contributed by atoms with van der Waals surface area (Å²) in [6.45, 7) is 1.69. The van der Waals surface area contributed by atoms with E-state index >= 15 is 0 Å². The molecule has 0 aliphatic carbocycles. The summed E-state index contributed by atoms with van der Waals surface area (Å²) in [6, 6.07) is 16.8. The van der Waals surface area contributed by atoms with Crippen molar-refractivity contribution >= 4 is 28.6 Å². The van der Waals surface area contributed by atoms with Gasteiger partial charge in [-0.05, 0) is 37.4 Å². The van der Waals surface area contributed by atoms with Crippen LogP contribution in [0.25, 0.3) is 11.0 Å². The third kappa shape index (κ3) is 3.32. The molecule has 0 spiro atoms. The van der Waals surface area contributed by atoms with Crippen molar-refractivity contribution < 1.29 is 14.3 Å². The van der Waals surface area contributed by atoms with Gasteiger partial charge in [0, 0.05) is 10.3 Å². The maximum absolute atomic E-state index is 12.4. The molecule has 0 bridgehead atoms. The van der Waals surface area contributed by atoms with E-state index in [4.69, 9.17) is 4.42 Å². The number of thioether (sulfide) groups is 1. The highest BCUT2D eigenvalue weighted by molar-refractivity contribution is 7.98. The zero-order valence-electron chi connectivity index (χ0n) is 13.6. The molecule has 0 saturated carbocycles. The molecule has 4 nitrogen and oxygen atoms in total. The van der Waals surface area contributed by atoms with Crippen molar-refractivity contribution in [1.82, 2.24) is 5.32 Å². The largest absolute Gasteiger partial charge is 0.458 e. The smallest absolute Gasteiger partial charge is 0.252 e. The normalized spacial score (nSPS) is 13.6. The number of para-hydroxylation sites is 1. The molecule has 2 aromatic carbocycles. The Morgan fingerprint density at radius 1 is 1.21 bits per heavy atom. The summed E-state index contributed by atoms with van der Waals surface area (Å²) in [6.07, 6.45) is 1.93. The number of hydrogen-bond donors (Lipinski definition) is 2. The van der Waals surface area contributed by atoms with Gasteiger partial charge in [0.05, 0.1) is 12.1 Å². The molecule has 0 saturated heterocycles. The zero-order valence-corrected chi connectivity index (χ0v) is 14.4. The Balaban J connectivity index is 1.76. The van der Waals surface area contributed by atoms with Crippen LogP contribution in [0, 0.1) is 0 Å². The molecule has 1 atom stereocenters. The van der Waals surface area contributed by atoms with Crippen LogP contribution in [-0.4, -0.2) is 23.8 Å². The number of benzene rings is 2. The van der Waals surface area contributed by atoms with Crippen LogP contribution >= 0.6 is 11.8 Å². The van der Waals surface area contributed by atoms with Crippen molar-refractivity contribution in [2.24, 2.45) is 0 Å². The monoisotopic (exact) mass is 341 g/mol. The van der Waals surface area contributed by atoms with E-state index in [9.17, 15) is 9.90 Å². The molecule has 2 N–H and O–H groups in total. The quantitative estimate of drug-likeness (QED) is 0.693. The summed E-state index contributed by atoms with van der Waals surface area (Å²) < 4.78 is 5.71. The lowest BCUT2D eigenvalue weighted by Gasteiger charge is -2.21. The number of hydrogen-bond acceptors (Lipinski definition) is 4. The van der Waals surface area contributed by atoms with Gasteiger partial charge in [0.1, 0.15) is 16.9 Å². The molecule has 0 fully saturated rings. The van der Waals surface area contributed by atoms with Crippen molar-refractivity contribution in [1.29, 1.82) is 0 Å². The fraction of sp³-hybridized carbons (Fsp3) is 0.211. The molecule has 124 valence electrons. The van der Waals surface area contributed by atoms with Gasteiger partial charge >= 0.3 is 0 Å². The Morgan fingerprint density at radius 3 is 2.67 bits per heavy atom. The number of aliphatic hydroxyl groups is 1. The van der Waals surface area contributed by atoms with Gasteiger partial charge in [-0.1, -0.05) is 30.3 Å². The minimum absolute atomic E-state index is 0.0639. The predicted octanol–water partition coefficient (Wildman–Crippen LogP) is 3.79. The van der Waals surface area contributed by atoms with Crippen molar-refractivity contribution in [3.05, 3.63) is 65.9 Å². The van der Waals surface area contributed by atoms with E-state index < -0.39 is 5.60 Å². The Morgan fingerprint density at radius 2 is 1.92 bits per heavy atom. The summed E-state index contributed by atoms with van der Waals surface area (Å²) in [4.78, 5) is 13.3. The highest BCUT2D eigenvalue weighted by atomic mass is 32.2. The number of furan rings is 1. The fourth-order valence-electron chi connectivity index (χ4n) is 2.51. The Bertz CT molecular complexity index is 837. The Hall–Kier alpha value is -2.24. The van der Waals surface area contributed by atoms with Crippen LogP contribution in [0.5, 0.6) is 0 Å². The summed E-state index contributed by atoms with van der Waals surface area (Å²) in [5.41, 5.74) is 0.0282. The Labute approximate surface area is 144 Å². The molecule has 1 heterocycles. The van der Waals surface area contributed by atoms with Gasteiger partial charge < -0.3 is 14.8 Å². The molecule has 5 heteroatoms. The van der Waals surface area contributed by atoms with E-state index in [1.165, 1.54) is 11.8 Å². The lowest BCUT2D eigenvalue weighted by atomic mass is 10.0. The van der Waals surface area contributed by atoms with Gasteiger partial charge in [-0.25, -0.2) is 0 Å². The van der Waals surface area contributed by atoms with E-state index in [1.54, 1.807) is 19.1 Å². The van der Waals surface area contributed by atoms with Crippen LogP contribution in [-0.2, 0) is 5.60 Å². The van der Waals surface area contributed by atoms with Crippen molar-refractivity contribution in [2.75, 3.05) is 12.8 Å². The van der Waals surface area contributed by atoms with Crippen LogP contribution in [0.3, 0.4) is 0 Å². The SMILES string of the molecule is CSc1ccccc1C(=O)NC[C@](C)(O)c1cc2ccccc2o1. The van der Waals surface area contributed by atoms with E-state index in [-0.39, 0.29) is 12.5 Å². The van der Waals surface area contributed by atoms with Gasteiger partial charge in [0.15, 0.2) is 0 Å². The first-order chi connectivity index (χ1) is 11.5. The lowest BCUT2D eigenvalue weighted by molar-refractivity contribution is 0.0344. The third-order valence-electron chi connectivity index (χ3n) is 3.90. The van der Waals surface area contributed by atoms with Crippen LogP contribution in [0.2, 0.25) is 0 Å². The molecule has 0 aliphatic heterocycles. The minimum atomic E-state index is -1.29. The van der Waals surface area contributed by atoms with Gasteiger partial charge in [0.25, 0.3) is 5.91 Å². The molecule has 3 rings (SSSR count). The van der Waals surface area contributed by atoms with E-state index in [0.29, 0.717) is 16.9 Å². The molecule has 3 aromatic rings. The Kier molecular flexibility index (Phi) is 4.64. The van der Waals surface area contributed by atoms with Crippen molar-refractivity contribution in [3.8, 4) is 0 Å². The highest BCUT2D eigenvalue weighted by Crippen LogP contribution is 2.27. The summed E-state index contributed by atoms with van der Waals surface area (Å²) in [5, 5.41) is 14.4. The maximum Gasteiger partial charge on any atom is 0.252 e. The number of rotatable bonds is 5.